The Balaban J connectivity index is 1.99. The van der Waals surface area contributed by atoms with Crippen LogP contribution in [0.3, 0.4) is 0 Å². The molecule has 1 aromatic carbocycles. The molecular formula is C17H19N3O3S. The molecule has 3 rings (SSSR count). The van der Waals surface area contributed by atoms with Crippen LogP contribution in [0.1, 0.15) is 32.1 Å². The highest BCUT2D eigenvalue weighted by Gasteiger charge is 2.18. The molecule has 1 aliphatic rings. The van der Waals surface area contributed by atoms with Gasteiger partial charge >= 0.3 is 0 Å². The number of rotatable bonds is 5. The zero-order valence-electron chi connectivity index (χ0n) is 13.3. The van der Waals surface area contributed by atoms with Gasteiger partial charge in [0.15, 0.2) is 4.80 Å². The van der Waals surface area contributed by atoms with E-state index in [4.69, 9.17) is 0 Å². The number of hydrogen-bond donors (Lipinski definition) is 0. The maximum atomic E-state index is 12.3. The number of non-ortho nitro benzene ring substituents is 1. The third-order valence-electron chi connectivity index (χ3n) is 4.35. The lowest BCUT2D eigenvalue weighted by atomic mass is 10.0. The molecule has 0 aliphatic heterocycles. The summed E-state index contributed by atoms with van der Waals surface area (Å²) in [5.74, 6) is 0.338. The summed E-state index contributed by atoms with van der Waals surface area (Å²) in [6.07, 6.45) is 6.82. The minimum Gasteiger partial charge on any atom is -0.312 e. The fourth-order valence-corrected chi connectivity index (χ4v) is 4.27. The highest BCUT2D eigenvalue weighted by molar-refractivity contribution is 7.16. The lowest BCUT2D eigenvalue weighted by Crippen LogP contribution is -2.17. The van der Waals surface area contributed by atoms with Crippen molar-refractivity contribution in [3.8, 4) is 0 Å². The predicted molar refractivity (Wildman–Crippen MR) is 93.8 cm³/mol. The fraction of sp³-hybridized carbons (Fsp3) is 0.412. The van der Waals surface area contributed by atoms with Crippen LogP contribution < -0.4 is 4.80 Å². The second kappa shape index (κ2) is 7.09. The Morgan fingerprint density at radius 3 is 2.88 bits per heavy atom. The summed E-state index contributed by atoms with van der Waals surface area (Å²) in [5, 5.41) is 10.9. The largest absolute Gasteiger partial charge is 0.312 e. The molecule has 0 saturated heterocycles. The number of nitro groups is 1. The van der Waals surface area contributed by atoms with E-state index in [1.165, 1.54) is 36.3 Å². The van der Waals surface area contributed by atoms with Crippen LogP contribution in [0.25, 0.3) is 10.2 Å². The van der Waals surface area contributed by atoms with Gasteiger partial charge < -0.3 is 4.57 Å². The molecule has 1 saturated carbocycles. The number of carbonyl (C=O) groups is 1. The van der Waals surface area contributed by atoms with Gasteiger partial charge in [-0.1, -0.05) is 30.3 Å². The van der Waals surface area contributed by atoms with Gasteiger partial charge in [-0.2, -0.15) is 4.99 Å². The number of nitro benzene ring substituents is 1. The second-order valence-electron chi connectivity index (χ2n) is 6.05. The van der Waals surface area contributed by atoms with E-state index in [1.807, 2.05) is 4.57 Å². The van der Waals surface area contributed by atoms with Crippen LogP contribution in [0.15, 0.2) is 35.8 Å². The smallest absolute Gasteiger partial charge is 0.270 e. The van der Waals surface area contributed by atoms with Gasteiger partial charge in [-0.15, -0.1) is 6.58 Å². The van der Waals surface area contributed by atoms with Crippen LogP contribution in [0.5, 0.6) is 0 Å². The molecule has 0 spiro atoms. The molecule has 0 radical (unpaired) electrons. The number of amides is 1. The van der Waals surface area contributed by atoms with Crippen LogP contribution >= 0.6 is 11.3 Å². The van der Waals surface area contributed by atoms with Crippen molar-refractivity contribution in [2.75, 3.05) is 0 Å². The van der Waals surface area contributed by atoms with Crippen molar-refractivity contribution in [1.82, 2.24) is 4.57 Å². The number of nitrogens with zero attached hydrogens (tertiary/aromatic N) is 3. The highest BCUT2D eigenvalue weighted by Crippen LogP contribution is 2.28. The topological polar surface area (TPSA) is 77.5 Å². The molecule has 6 nitrogen and oxygen atoms in total. The molecule has 1 heterocycles. The lowest BCUT2D eigenvalue weighted by Gasteiger charge is -2.04. The standard InChI is InChI=1S/C17H19N3O3S/c1-2-9-19-14-8-7-13(20(22)23)11-15(14)24-17(19)18-16(21)10-12-5-3-4-6-12/h2,7-8,11-12H,1,3-6,9-10H2. The van der Waals surface area contributed by atoms with Gasteiger partial charge in [0, 0.05) is 25.1 Å². The lowest BCUT2D eigenvalue weighted by molar-refractivity contribution is -0.384. The first-order chi connectivity index (χ1) is 11.6. The molecule has 1 fully saturated rings. The van der Waals surface area contributed by atoms with Gasteiger partial charge in [0.2, 0.25) is 5.91 Å². The Labute approximate surface area is 143 Å². The first-order valence-electron chi connectivity index (χ1n) is 8.04. The van der Waals surface area contributed by atoms with Crippen molar-refractivity contribution in [2.24, 2.45) is 10.9 Å². The Kier molecular flexibility index (Phi) is 4.89. The Morgan fingerprint density at radius 1 is 1.46 bits per heavy atom. The van der Waals surface area contributed by atoms with E-state index < -0.39 is 4.92 Å². The minimum absolute atomic E-state index is 0.0401. The molecule has 0 bridgehead atoms. The quantitative estimate of drug-likeness (QED) is 0.470. The maximum absolute atomic E-state index is 12.3. The Morgan fingerprint density at radius 2 is 2.21 bits per heavy atom. The van der Waals surface area contributed by atoms with E-state index in [1.54, 1.807) is 12.1 Å². The Bertz CT molecular complexity index is 860. The van der Waals surface area contributed by atoms with Gasteiger partial charge in [-0.05, 0) is 24.8 Å². The van der Waals surface area contributed by atoms with E-state index >= 15 is 0 Å². The van der Waals surface area contributed by atoms with Crippen molar-refractivity contribution in [2.45, 2.75) is 38.6 Å². The minimum atomic E-state index is -0.418. The molecule has 1 aromatic heterocycles. The summed E-state index contributed by atoms with van der Waals surface area (Å²) in [7, 11) is 0. The van der Waals surface area contributed by atoms with Crippen LogP contribution in [-0.4, -0.2) is 15.4 Å². The molecule has 1 aliphatic carbocycles. The number of aromatic nitrogens is 1. The number of allylic oxidation sites excluding steroid dienone is 1. The Hall–Kier alpha value is -2.28. The summed E-state index contributed by atoms with van der Waals surface area (Å²) in [4.78, 5) is 27.6. The predicted octanol–water partition coefficient (Wildman–Crippen LogP) is 3.80. The summed E-state index contributed by atoms with van der Waals surface area (Å²) in [6.45, 7) is 4.25. The molecule has 126 valence electrons. The van der Waals surface area contributed by atoms with Gasteiger partial charge in [0.25, 0.3) is 5.69 Å². The highest BCUT2D eigenvalue weighted by atomic mass is 32.1. The number of thiazole rings is 1. The summed E-state index contributed by atoms with van der Waals surface area (Å²) >= 11 is 1.30. The maximum Gasteiger partial charge on any atom is 0.270 e. The number of benzene rings is 1. The van der Waals surface area contributed by atoms with Crippen molar-refractivity contribution in [1.29, 1.82) is 0 Å². The zero-order valence-corrected chi connectivity index (χ0v) is 14.1. The summed E-state index contributed by atoms with van der Waals surface area (Å²) in [5.41, 5.74) is 0.872. The third-order valence-corrected chi connectivity index (χ3v) is 5.39. The van der Waals surface area contributed by atoms with Gasteiger partial charge in [-0.25, -0.2) is 0 Å². The van der Waals surface area contributed by atoms with Gasteiger partial charge in [-0.3, -0.25) is 14.9 Å². The first kappa shape index (κ1) is 16.6. The number of carbonyl (C=O) groups excluding carboxylic acids is 1. The first-order valence-corrected chi connectivity index (χ1v) is 8.86. The SMILES string of the molecule is C=CCn1c(=NC(=O)CC2CCCC2)sc2cc([N+](=O)[O-])ccc21. The van der Waals surface area contributed by atoms with E-state index in [-0.39, 0.29) is 11.6 Å². The fourth-order valence-electron chi connectivity index (χ4n) is 3.18. The molecular weight excluding hydrogens is 326 g/mol. The van der Waals surface area contributed by atoms with Gasteiger partial charge in [0.05, 0.1) is 15.1 Å². The summed E-state index contributed by atoms with van der Waals surface area (Å²) < 4.78 is 2.63. The van der Waals surface area contributed by atoms with E-state index in [0.29, 0.717) is 23.7 Å². The van der Waals surface area contributed by atoms with E-state index in [2.05, 4.69) is 11.6 Å². The third kappa shape index (κ3) is 3.46. The van der Waals surface area contributed by atoms with Crippen LogP contribution in [0.4, 0.5) is 5.69 Å². The van der Waals surface area contributed by atoms with E-state index in [0.717, 1.165) is 23.1 Å². The van der Waals surface area contributed by atoms with Crippen molar-refractivity contribution in [3.05, 3.63) is 45.8 Å². The normalized spacial score (nSPS) is 15.9. The molecule has 1 amide bonds. The average Bonchev–Trinajstić information content (AvgIpc) is 3.15. The molecule has 24 heavy (non-hydrogen) atoms. The molecule has 2 aromatic rings. The number of hydrogen-bond acceptors (Lipinski definition) is 4. The van der Waals surface area contributed by atoms with Crippen molar-refractivity contribution >= 4 is 33.1 Å². The van der Waals surface area contributed by atoms with Crippen LogP contribution in [-0.2, 0) is 11.3 Å². The molecule has 0 atom stereocenters. The van der Waals surface area contributed by atoms with Gasteiger partial charge in [0.1, 0.15) is 0 Å². The van der Waals surface area contributed by atoms with E-state index in [9.17, 15) is 14.9 Å². The molecule has 0 N–H and O–H groups in total. The average molecular weight is 345 g/mol. The number of fused-ring (bicyclic) bond motifs is 1. The van der Waals surface area contributed by atoms with Crippen molar-refractivity contribution < 1.29 is 9.72 Å². The van der Waals surface area contributed by atoms with Crippen molar-refractivity contribution in [3.63, 3.8) is 0 Å². The molecule has 7 heteroatoms. The zero-order chi connectivity index (χ0) is 17.1. The second-order valence-corrected chi connectivity index (χ2v) is 7.06. The molecule has 0 unspecified atom stereocenters. The van der Waals surface area contributed by atoms with Crippen LogP contribution in [0, 0.1) is 16.0 Å². The summed E-state index contributed by atoms with van der Waals surface area (Å²) in [6, 6.07) is 4.70. The van der Waals surface area contributed by atoms with Crippen LogP contribution in [0.2, 0.25) is 0 Å². The monoisotopic (exact) mass is 345 g/mol.